The largest absolute Gasteiger partial charge is 0.360 e. The smallest absolute Gasteiger partial charge is 0.331 e. The molecule has 1 aromatic rings. The Bertz CT molecular complexity index is 622. The number of fused-ring (bicyclic) bond motifs is 1. The summed E-state index contributed by atoms with van der Waals surface area (Å²) in [5.74, 6) is 0.506. The molecule has 1 heterocycles. The lowest BCUT2D eigenvalue weighted by Crippen LogP contribution is -2.13. The number of hydrogen-bond donors (Lipinski definition) is 0. The van der Waals surface area contributed by atoms with Crippen molar-refractivity contribution < 1.29 is 14.2 Å². The van der Waals surface area contributed by atoms with Gasteiger partial charge < -0.3 is 9.36 Å². The van der Waals surface area contributed by atoms with Crippen LogP contribution in [-0.4, -0.2) is 16.8 Å². The van der Waals surface area contributed by atoms with E-state index >= 15 is 0 Å². The molecule has 0 atom stereocenters. The van der Waals surface area contributed by atoms with E-state index in [1.54, 1.807) is 0 Å². The Labute approximate surface area is 176 Å². The summed E-state index contributed by atoms with van der Waals surface area (Å²) in [7, 11) is 0. The van der Waals surface area contributed by atoms with Gasteiger partial charge in [0.1, 0.15) is 5.76 Å². The minimum absolute atomic E-state index is 0.390. The molecule has 1 aliphatic rings. The molecule has 0 amide bonds. The van der Waals surface area contributed by atoms with Crippen LogP contribution in [0.5, 0.6) is 0 Å². The predicted molar refractivity (Wildman–Crippen MR) is 117 cm³/mol. The van der Waals surface area contributed by atoms with Crippen LogP contribution in [0.2, 0.25) is 0 Å². The molecule has 1 aliphatic carbocycles. The van der Waals surface area contributed by atoms with Crippen molar-refractivity contribution in [1.82, 2.24) is 5.16 Å². The third-order valence-corrected chi connectivity index (χ3v) is 5.74. The standard InChI is InChI=1S/C24H40N2O3/c1-3-4-5-6-7-8-9-10-11-12-13-14-15-17-21-24-22(25-28-20(2)27)18-16-19-23(24)29-26-21/h3-19H2,1-2H3/b25-22-. The van der Waals surface area contributed by atoms with Gasteiger partial charge in [-0.05, 0) is 25.7 Å². The summed E-state index contributed by atoms with van der Waals surface area (Å²) in [6.45, 7) is 3.65. The molecule has 0 radical (unpaired) electrons. The first-order chi connectivity index (χ1) is 14.2. The van der Waals surface area contributed by atoms with Crippen LogP contribution in [0.15, 0.2) is 9.68 Å². The van der Waals surface area contributed by atoms with Crippen molar-refractivity contribution in [3.8, 4) is 0 Å². The van der Waals surface area contributed by atoms with Gasteiger partial charge in [-0.1, -0.05) is 94.3 Å². The third-order valence-electron chi connectivity index (χ3n) is 5.74. The van der Waals surface area contributed by atoms with Crippen molar-refractivity contribution >= 4 is 11.7 Å². The quantitative estimate of drug-likeness (QED) is 0.181. The first-order valence-corrected chi connectivity index (χ1v) is 11.9. The van der Waals surface area contributed by atoms with Gasteiger partial charge in [-0.2, -0.15) is 0 Å². The van der Waals surface area contributed by atoms with Gasteiger partial charge in [0, 0.05) is 13.3 Å². The fraction of sp³-hybridized carbons (Fsp3) is 0.792. The molecular formula is C24H40N2O3. The summed E-state index contributed by atoms with van der Waals surface area (Å²) in [4.78, 5) is 15.9. The van der Waals surface area contributed by atoms with Gasteiger partial charge in [0.2, 0.25) is 0 Å². The number of rotatable bonds is 15. The van der Waals surface area contributed by atoms with Gasteiger partial charge in [-0.15, -0.1) is 0 Å². The summed E-state index contributed by atoms with van der Waals surface area (Å²) >= 11 is 0. The first kappa shape index (κ1) is 23.6. The zero-order chi connectivity index (χ0) is 20.7. The lowest BCUT2D eigenvalue weighted by Gasteiger charge is -2.12. The van der Waals surface area contributed by atoms with Gasteiger partial charge in [0.05, 0.1) is 17.0 Å². The summed E-state index contributed by atoms with van der Waals surface area (Å²) in [6, 6.07) is 0. The van der Waals surface area contributed by atoms with Crippen LogP contribution < -0.4 is 0 Å². The number of aryl methyl sites for hydroxylation is 2. The minimum atomic E-state index is -0.390. The average Bonchev–Trinajstić information content (AvgIpc) is 3.13. The molecule has 2 rings (SSSR count). The van der Waals surface area contributed by atoms with E-state index in [0.717, 1.165) is 54.8 Å². The number of aromatic nitrogens is 1. The van der Waals surface area contributed by atoms with Crippen LogP contribution in [-0.2, 0) is 22.5 Å². The van der Waals surface area contributed by atoms with Crippen molar-refractivity contribution in [2.24, 2.45) is 5.16 Å². The molecule has 0 bridgehead atoms. The van der Waals surface area contributed by atoms with Crippen LogP contribution in [0.25, 0.3) is 0 Å². The predicted octanol–water partition coefficient (Wildman–Crippen LogP) is 6.91. The SMILES string of the molecule is CCCCCCCCCCCCCCCc1noc2c1/C(=N\OC(C)=O)CCC2. The minimum Gasteiger partial charge on any atom is -0.360 e. The topological polar surface area (TPSA) is 64.7 Å². The highest BCUT2D eigenvalue weighted by Crippen LogP contribution is 2.26. The van der Waals surface area contributed by atoms with E-state index in [1.165, 1.54) is 84.0 Å². The van der Waals surface area contributed by atoms with Crippen LogP contribution in [0.3, 0.4) is 0 Å². The van der Waals surface area contributed by atoms with Gasteiger partial charge in [-0.25, -0.2) is 4.79 Å². The highest BCUT2D eigenvalue weighted by atomic mass is 16.7. The maximum Gasteiger partial charge on any atom is 0.331 e. The number of nitrogens with zero attached hydrogens (tertiary/aromatic N) is 2. The molecule has 0 spiro atoms. The Balaban J connectivity index is 1.57. The summed E-state index contributed by atoms with van der Waals surface area (Å²) in [5, 5.41) is 8.31. The Kier molecular flexibility index (Phi) is 11.7. The Morgan fingerprint density at radius 1 is 0.931 bits per heavy atom. The van der Waals surface area contributed by atoms with E-state index in [9.17, 15) is 4.79 Å². The number of carbonyl (C=O) groups excluding carboxylic acids is 1. The van der Waals surface area contributed by atoms with E-state index < -0.39 is 0 Å². The van der Waals surface area contributed by atoms with Crippen LogP contribution in [0.1, 0.15) is 127 Å². The van der Waals surface area contributed by atoms with Crippen molar-refractivity contribution in [2.75, 3.05) is 0 Å². The maximum atomic E-state index is 11.1. The summed E-state index contributed by atoms with van der Waals surface area (Å²) in [5.41, 5.74) is 2.79. The molecule has 1 aromatic heterocycles. The molecule has 0 unspecified atom stereocenters. The fourth-order valence-electron chi connectivity index (χ4n) is 4.09. The normalized spacial score (nSPS) is 14.9. The Morgan fingerprint density at radius 2 is 1.52 bits per heavy atom. The maximum absolute atomic E-state index is 11.1. The van der Waals surface area contributed by atoms with E-state index in [4.69, 9.17) is 9.36 Å². The molecule has 0 fully saturated rings. The van der Waals surface area contributed by atoms with Crippen molar-refractivity contribution in [1.29, 1.82) is 0 Å². The lowest BCUT2D eigenvalue weighted by atomic mass is 9.93. The van der Waals surface area contributed by atoms with Crippen LogP contribution in [0, 0.1) is 0 Å². The van der Waals surface area contributed by atoms with E-state index in [0.29, 0.717) is 0 Å². The Morgan fingerprint density at radius 3 is 2.10 bits per heavy atom. The molecule has 0 saturated heterocycles. The molecule has 5 heteroatoms. The molecular weight excluding hydrogens is 364 g/mol. The molecule has 0 aromatic carbocycles. The zero-order valence-corrected chi connectivity index (χ0v) is 18.6. The third kappa shape index (κ3) is 9.14. The number of hydrogen-bond acceptors (Lipinski definition) is 5. The summed E-state index contributed by atoms with van der Waals surface area (Å²) in [6.07, 6.45) is 21.1. The molecule has 0 aliphatic heterocycles. The van der Waals surface area contributed by atoms with E-state index in [-0.39, 0.29) is 5.97 Å². The van der Waals surface area contributed by atoms with Crippen molar-refractivity contribution in [3.63, 3.8) is 0 Å². The Hall–Kier alpha value is -1.65. The molecule has 0 N–H and O–H groups in total. The van der Waals surface area contributed by atoms with Gasteiger partial charge >= 0.3 is 5.97 Å². The highest BCUT2D eigenvalue weighted by molar-refractivity contribution is 6.03. The molecule has 5 nitrogen and oxygen atoms in total. The second-order valence-corrected chi connectivity index (χ2v) is 8.39. The molecule has 0 saturated carbocycles. The fourth-order valence-corrected chi connectivity index (χ4v) is 4.09. The molecule has 164 valence electrons. The van der Waals surface area contributed by atoms with Crippen LogP contribution in [0.4, 0.5) is 0 Å². The van der Waals surface area contributed by atoms with Gasteiger partial charge in [0.25, 0.3) is 0 Å². The first-order valence-electron chi connectivity index (χ1n) is 11.9. The number of oxime groups is 1. The second-order valence-electron chi connectivity index (χ2n) is 8.39. The van der Waals surface area contributed by atoms with E-state index in [2.05, 4.69) is 17.2 Å². The van der Waals surface area contributed by atoms with E-state index in [1.807, 2.05) is 0 Å². The summed E-state index contributed by atoms with van der Waals surface area (Å²) < 4.78 is 5.52. The van der Waals surface area contributed by atoms with Gasteiger partial charge in [-0.3, -0.25) is 0 Å². The monoisotopic (exact) mass is 404 g/mol. The highest BCUT2D eigenvalue weighted by Gasteiger charge is 2.25. The second kappa shape index (κ2) is 14.4. The lowest BCUT2D eigenvalue weighted by molar-refractivity contribution is -0.140. The number of carbonyl (C=O) groups is 1. The zero-order valence-electron chi connectivity index (χ0n) is 18.6. The molecule has 29 heavy (non-hydrogen) atoms. The number of unbranched alkanes of at least 4 members (excludes halogenated alkanes) is 12. The van der Waals surface area contributed by atoms with Gasteiger partial charge in [0.15, 0.2) is 0 Å². The average molecular weight is 405 g/mol. The van der Waals surface area contributed by atoms with Crippen molar-refractivity contribution in [2.45, 2.75) is 123 Å². The van der Waals surface area contributed by atoms with Crippen molar-refractivity contribution in [3.05, 3.63) is 17.0 Å². The van der Waals surface area contributed by atoms with Crippen LogP contribution >= 0.6 is 0 Å².